The van der Waals surface area contributed by atoms with E-state index in [-0.39, 0.29) is 24.4 Å². The summed E-state index contributed by atoms with van der Waals surface area (Å²) in [6.07, 6.45) is -0.804. The number of rotatable bonds is 6. The fraction of sp³-hybridized carbons (Fsp3) is 0.429. The van der Waals surface area contributed by atoms with Crippen LogP contribution in [0.1, 0.15) is 15.9 Å². The van der Waals surface area contributed by atoms with Crippen LogP contribution in [0, 0.1) is 6.92 Å². The number of ether oxygens (including phenoxy) is 1. The molecule has 0 aromatic heterocycles. The van der Waals surface area contributed by atoms with E-state index in [0.717, 1.165) is 0 Å². The second kappa shape index (κ2) is 7.61. The van der Waals surface area contributed by atoms with Crippen LogP contribution in [0.25, 0.3) is 0 Å². The third kappa shape index (κ3) is 4.73. The average Bonchev–Trinajstić information content (AvgIpc) is 2.40. The molecule has 0 fully saturated rings. The maximum atomic E-state index is 12.0. The number of likely N-dealkylation sites (N-methyl/N-ethyl adjacent to an activating group) is 1. The summed E-state index contributed by atoms with van der Waals surface area (Å²) < 4.78 is 4.79. The van der Waals surface area contributed by atoms with E-state index >= 15 is 0 Å². The van der Waals surface area contributed by atoms with Gasteiger partial charge in [0.2, 0.25) is 0 Å². The lowest BCUT2D eigenvalue weighted by Crippen LogP contribution is -2.39. The Balaban J connectivity index is 2.81. The Morgan fingerprint density at radius 1 is 1.43 bits per heavy atom. The Kier molecular flexibility index (Phi) is 6.13. The monoisotopic (exact) mass is 296 g/mol. The smallest absolute Gasteiger partial charge is 0.337 e. The number of carboxylic acids is 1. The number of aliphatic hydroxyl groups excluding tert-OH is 1. The molecule has 0 saturated heterocycles. The molecule has 116 valence electrons. The molecule has 1 aromatic rings. The second-order valence-electron chi connectivity index (χ2n) is 4.72. The molecule has 0 spiro atoms. The number of carbonyl (C=O) groups is 2. The summed E-state index contributed by atoms with van der Waals surface area (Å²) in [6, 6.07) is 4.24. The lowest BCUT2D eigenvalue weighted by atomic mass is 10.1. The van der Waals surface area contributed by atoms with Crippen LogP contribution in [-0.2, 0) is 4.74 Å². The highest BCUT2D eigenvalue weighted by molar-refractivity contribution is 6.00. The maximum absolute atomic E-state index is 12.0. The Bertz CT molecular complexity index is 518. The molecule has 2 amide bonds. The molecule has 1 unspecified atom stereocenters. The van der Waals surface area contributed by atoms with E-state index in [4.69, 9.17) is 9.84 Å². The molecular weight excluding hydrogens is 276 g/mol. The summed E-state index contributed by atoms with van der Waals surface area (Å²) in [5, 5.41) is 21.3. The summed E-state index contributed by atoms with van der Waals surface area (Å²) in [5.74, 6) is -1.11. The Labute approximate surface area is 123 Å². The molecule has 1 atom stereocenters. The zero-order chi connectivity index (χ0) is 16.0. The molecule has 7 heteroatoms. The number of aryl methyl sites for hydroxylation is 1. The van der Waals surface area contributed by atoms with Crippen molar-refractivity contribution in [2.24, 2.45) is 0 Å². The van der Waals surface area contributed by atoms with E-state index in [9.17, 15) is 14.7 Å². The van der Waals surface area contributed by atoms with Crippen LogP contribution in [0.15, 0.2) is 18.2 Å². The summed E-state index contributed by atoms with van der Waals surface area (Å²) in [5.41, 5.74) is 0.923. The van der Waals surface area contributed by atoms with Gasteiger partial charge in [0, 0.05) is 14.2 Å². The molecule has 1 rings (SSSR count). The first-order valence-electron chi connectivity index (χ1n) is 6.38. The topological polar surface area (TPSA) is 99.1 Å². The number of aromatic carboxylic acids is 1. The minimum Gasteiger partial charge on any atom is -0.478 e. The highest BCUT2D eigenvalue weighted by Gasteiger charge is 2.18. The minimum atomic E-state index is -1.11. The highest BCUT2D eigenvalue weighted by Crippen LogP contribution is 2.21. The number of benzene rings is 1. The summed E-state index contributed by atoms with van der Waals surface area (Å²) in [4.78, 5) is 24.5. The van der Waals surface area contributed by atoms with Crippen molar-refractivity contribution >= 4 is 17.7 Å². The first-order valence-corrected chi connectivity index (χ1v) is 6.38. The standard InChI is InChI=1S/C14H20N2O5/c1-9-5-4-6-11(13(18)19)12(9)15-14(20)16(2)7-10(17)8-21-3/h4-6,10,17H,7-8H2,1-3H3,(H,15,20)(H,18,19). The largest absolute Gasteiger partial charge is 0.478 e. The third-order valence-electron chi connectivity index (χ3n) is 2.93. The average molecular weight is 296 g/mol. The number of amides is 2. The van der Waals surface area contributed by atoms with Gasteiger partial charge in [-0.1, -0.05) is 12.1 Å². The molecule has 0 saturated carbocycles. The van der Waals surface area contributed by atoms with Crippen molar-refractivity contribution in [2.45, 2.75) is 13.0 Å². The van der Waals surface area contributed by atoms with Gasteiger partial charge in [0.05, 0.1) is 30.5 Å². The van der Waals surface area contributed by atoms with Gasteiger partial charge in [-0.15, -0.1) is 0 Å². The molecule has 0 aliphatic carbocycles. The molecule has 0 aliphatic rings. The predicted octanol–water partition coefficient (Wildman–Crippen LogP) is 1.16. The van der Waals surface area contributed by atoms with Crippen molar-refractivity contribution < 1.29 is 24.5 Å². The SMILES string of the molecule is COCC(O)CN(C)C(=O)Nc1c(C)cccc1C(=O)O. The van der Waals surface area contributed by atoms with E-state index in [0.29, 0.717) is 5.56 Å². The molecule has 0 radical (unpaired) electrons. The Morgan fingerprint density at radius 2 is 2.10 bits per heavy atom. The zero-order valence-corrected chi connectivity index (χ0v) is 12.3. The number of hydrogen-bond acceptors (Lipinski definition) is 4. The molecule has 0 aliphatic heterocycles. The molecule has 21 heavy (non-hydrogen) atoms. The van der Waals surface area contributed by atoms with E-state index in [2.05, 4.69) is 5.32 Å². The van der Waals surface area contributed by atoms with Crippen molar-refractivity contribution in [1.29, 1.82) is 0 Å². The van der Waals surface area contributed by atoms with E-state index in [1.165, 1.54) is 25.1 Å². The number of anilines is 1. The molecule has 7 nitrogen and oxygen atoms in total. The van der Waals surface area contributed by atoms with Crippen molar-refractivity contribution in [1.82, 2.24) is 4.90 Å². The van der Waals surface area contributed by atoms with Crippen LogP contribution >= 0.6 is 0 Å². The third-order valence-corrected chi connectivity index (χ3v) is 2.93. The van der Waals surface area contributed by atoms with Gasteiger partial charge in [-0.05, 0) is 18.6 Å². The van der Waals surface area contributed by atoms with E-state index in [1.807, 2.05) is 0 Å². The number of aliphatic hydroxyl groups is 1. The first-order chi connectivity index (χ1) is 9.86. The maximum Gasteiger partial charge on any atom is 0.337 e. The number of methoxy groups -OCH3 is 1. The van der Waals surface area contributed by atoms with E-state index in [1.54, 1.807) is 19.1 Å². The van der Waals surface area contributed by atoms with Gasteiger partial charge in [0.15, 0.2) is 0 Å². The quantitative estimate of drug-likeness (QED) is 0.731. The number of carbonyl (C=O) groups excluding carboxylic acids is 1. The highest BCUT2D eigenvalue weighted by atomic mass is 16.5. The van der Waals surface area contributed by atoms with Crippen molar-refractivity contribution in [2.75, 3.05) is 32.6 Å². The van der Waals surface area contributed by atoms with Crippen LogP contribution in [0.5, 0.6) is 0 Å². The Morgan fingerprint density at radius 3 is 2.67 bits per heavy atom. The van der Waals surface area contributed by atoms with Gasteiger partial charge in [-0.2, -0.15) is 0 Å². The Hall–Kier alpha value is -2.12. The molecule has 0 heterocycles. The second-order valence-corrected chi connectivity index (χ2v) is 4.72. The number of hydrogen-bond donors (Lipinski definition) is 3. The number of carboxylic acid groups (broad SMARTS) is 1. The summed E-state index contributed by atoms with van der Waals surface area (Å²) in [7, 11) is 2.96. The summed E-state index contributed by atoms with van der Waals surface area (Å²) in [6.45, 7) is 1.90. The van der Waals surface area contributed by atoms with Crippen molar-refractivity contribution in [3.8, 4) is 0 Å². The molecule has 3 N–H and O–H groups in total. The lowest BCUT2D eigenvalue weighted by Gasteiger charge is -2.22. The predicted molar refractivity (Wildman–Crippen MR) is 77.7 cm³/mol. The van der Waals surface area contributed by atoms with Crippen LogP contribution in [-0.4, -0.2) is 60.5 Å². The van der Waals surface area contributed by atoms with Gasteiger partial charge in [0.1, 0.15) is 0 Å². The van der Waals surface area contributed by atoms with Gasteiger partial charge >= 0.3 is 12.0 Å². The number of para-hydroxylation sites is 1. The van der Waals surface area contributed by atoms with Crippen LogP contribution in [0.3, 0.4) is 0 Å². The molecule has 0 bridgehead atoms. The summed E-state index contributed by atoms with van der Waals surface area (Å²) >= 11 is 0. The number of nitrogens with one attached hydrogen (secondary N) is 1. The number of urea groups is 1. The molecule has 1 aromatic carbocycles. The van der Waals surface area contributed by atoms with Gasteiger partial charge < -0.3 is 25.2 Å². The van der Waals surface area contributed by atoms with Crippen LogP contribution < -0.4 is 5.32 Å². The van der Waals surface area contributed by atoms with E-state index < -0.39 is 18.1 Å². The normalized spacial score (nSPS) is 11.8. The van der Waals surface area contributed by atoms with Gasteiger partial charge in [-0.3, -0.25) is 0 Å². The van der Waals surface area contributed by atoms with Crippen molar-refractivity contribution in [3.05, 3.63) is 29.3 Å². The minimum absolute atomic E-state index is 0.0224. The number of nitrogens with zero attached hydrogens (tertiary/aromatic N) is 1. The fourth-order valence-corrected chi connectivity index (χ4v) is 1.86. The zero-order valence-electron chi connectivity index (χ0n) is 12.3. The fourth-order valence-electron chi connectivity index (χ4n) is 1.86. The van der Waals surface area contributed by atoms with Crippen LogP contribution in [0.2, 0.25) is 0 Å². The first kappa shape index (κ1) is 16.9. The lowest BCUT2D eigenvalue weighted by molar-refractivity contribution is 0.0501. The van der Waals surface area contributed by atoms with Gasteiger partial charge in [-0.25, -0.2) is 9.59 Å². The van der Waals surface area contributed by atoms with Crippen LogP contribution in [0.4, 0.5) is 10.5 Å². The van der Waals surface area contributed by atoms with Crippen molar-refractivity contribution in [3.63, 3.8) is 0 Å². The molecular formula is C14H20N2O5. The van der Waals surface area contributed by atoms with Gasteiger partial charge in [0.25, 0.3) is 0 Å².